The van der Waals surface area contributed by atoms with Gasteiger partial charge in [0.15, 0.2) is 0 Å². The van der Waals surface area contributed by atoms with E-state index in [0.717, 1.165) is 16.3 Å². The lowest BCUT2D eigenvalue weighted by molar-refractivity contribution is 0.0522. The summed E-state index contributed by atoms with van der Waals surface area (Å²) in [5, 5.41) is 10.5. The zero-order valence-corrected chi connectivity index (χ0v) is 13.9. The van der Waals surface area contributed by atoms with Crippen LogP contribution in [0.15, 0.2) is 67.0 Å². The van der Waals surface area contributed by atoms with Crippen molar-refractivity contribution < 1.29 is 14.7 Å². The van der Waals surface area contributed by atoms with Gasteiger partial charge in [0.25, 0.3) is 11.8 Å². The topological polar surface area (TPSA) is 75.4 Å². The average molecular weight is 347 g/mol. The van der Waals surface area contributed by atoms with Crippen molar-refractivity contribution >= 4 is 11.8 Å². The van der Waals surface area contributed by atoms with Gasteiger partial charge < -0.3 is 9.67 Å². The highest BCUT2D eigenvalue weighted by molar-refractivity contribution is 6.21. The van der Waals surface area contributed by atoms with Crippen molar-refractivity contribution in [1.82, 2.24) is 14.5 Å². The second-order valence-electron chi connectivity index (χ2n) is 6.19. The number of hydrogen-bond acceptors (Lipinski definition) is 4. The molecule has 1 aliphatic heterocycles. The van der Waals surface area contributed by atoms with Crippen LogP contribution in [0, 0.1) is 0 Å². The molecule has 0 saturated carbocycles. The Balaban J connectivity index is 1.50. The van der Waals surface area contributed by atoms with E-state index in [4.69, 9.17) is 0 Å². The second-order valence-corrected chi connectivity index (χ2v) is 6.19. The van der Waals surface area contributed by atoms with E-state index in [1.54, 1.807) is 36.7 Å². The van der Waals surface area contributed by atoms with E-state index in [-0.39, 0.29) is 24.9 Å². The van der Waals surface area contributed by atoms with Crippen LogP contribution < -0.4 is 0 Å². The third-order valence-electron chi connectivity index (χ3n) is 4.43. The van der Waals surface area contributed by atoms with Gasteiger partial charge in [-0.2, -0.15) is 0 Å². The van der Waals surface area contributed by atoms with Crippen molar-refractivity contribution in [3.63, 3.8) is 0 Å². The Labute approximate surface area is 150 Å². The monoisotopic (exact) mass is 347 g/mol. The summed E-state index contributed by atoms with van der Waals surface area (Å²) in [5.41, 5.74) is 1.71. The molecule has 26 heavy (non-hydrogen) atoms. The predicted molar refractivity (Wildman–Crippen MR) is 95.5 cm³/mol. The molecule has 0 saturated heterocycles. The van der Waals surface area contributed by atoms with Crippen molar-refractivity contribution in [2.75, 3.05) is 6.54 Å². The van der Waals surface area contributed by atoms with E-state index in [1.165, 1.54) is 0 Å². The second kappa shape index (κ2) is 6.57. The zero-order chi connectivity index (χ0) is 18.1. The largest absolute Gasteiger partial charge is 0.389 e. The van der Waals surface area contributed by atoms with Gasteiger partial charge in [0.1, 0.15) is 5.82 Å². The summed E-state index contributed by atoms with van der Waals surface area (Å²) < 4.78 is 1.82. The minimum atomic E-state index is -0.895. The Morgan fingerprint density at radius 2 is 1.50 bits per heavy atom. The lowest BCUT2D eigenvalue weighted by Crippen LogP contribution is -2.38. The number of aliphatic hydroxyl groups excluding tert-OH is 1. The molecule has 1 atom stereocenters. The SMILES string of the molecule is O=C1c2ccccc2C(=O)N1CC(O)Cn1ccnc1-c1ccccc1. The predicted octanol–water partition coefficient (Wildman–Crippen LogP) is 2.21. The number of rotatable bonds is 5. The number of imide groups is 1. The Bertz CT molecular complexity index is 930. The highest BCUT2D eigenvalue weighted by atomic mass is 16.3. The number of aliphatic hydroxyl groups is 1. The van der Waals surface area contributed by atoms with Crippen molar-refractivity contribution in [1.29, 1.82) is 0 Å². The van der Waals surface area contributed by atoms with Gasteiger partial charge in [0.05, 0.1) is 30.3 Å². The number of hydrogen-bond donors (Lipinski definition) is 1. The lowest BCUT2D eigenvalue weighted by Gasteiger charge is -2.19. The molecule has 2 aromatic carbocycles. The van der Waals surface area contributed by atoms with Crippen LogP contribution in [0.5, 0.6) is 0 Å². The average Bonchev–Trinajstić information content (AvgIpc) is 3.22. The molecule has 1 N–H and O–H groups in total. The van der Waals surface area contributed by atoms with Gasteiger partial charge in [0.2, 0.25) is 0 Å². The van der Waals surface area contributed by atoms with Crippen molar-refractivity contribution in [3.8, 4) is 11.4 Å². The minimum Gasteiger partial charge on any atom is -0.389 e. The van der Waals surface area contributed by atoms with Gasteiger partial charge >= 0.3 is 0 Å². The molecule has 0 spiro atoms. The van der Waals surface area contributed by atoms with Crippen LogP contribution in [0.2, 0.25) is 0 Å². The van der Waals surface area contributed by atoms with Gasteiger partial charge in [-0.3, -0.25) is 14.5 Å². The molecule has 3 aromatic rings. The van der Waals surface area contributed by atoms with Gasteiger partial charge in [-0.15, -0.1) is 0 Å². The summed E-state index contributed by atoms with van der Waals surface area (Å²) in [4.78, 5) is 30.3. The third kappa shape index (κ3) is 2.80. The highest BCUT2D eigenvalue weighted by Crippen LogP contribution is 2.23. The van der Waals surface area contributed by atoms with Crippen molar-refractivity contribution in [2.24, 2.45) is 0 Å². The van der Waals surface area contributed by atoms with E-state index in [2.05, 4.69) is 4.98 Å². The summed E-state index contributed by atoms with van der Waals surface area (Å²) in [7, 11) is 0. The summed E-state index contributed by atoms with van der Waals surface area (Å²) in [6.07, 6.45) is 2.54. The Hall–Kier alpha value is -3.25. The Morgan fingerprint density at radius 3 is 2.15 bits per heavy atom. The standard InChI is InChI=1S/C20H17N3O3/c24-15(12-22-11-10-21-18(22)14-6-2-1-3-7-14)13-23-19(25)16-8-4-5-9-17(16)20(23)26/h1-11,15,24H,12-13H2. The van der Waals surface area contributed by atoms with Gasteiger partial charge in [-0.1, -0.05) is 42.5 Å². The Morgan fingerprint density at radius 1 is 0.885 bits per heavy atom. The molecular formula is C20H17N3O3. The number of carbonyl (C=O) groups excluding carboxylic acids is 2. The maximum Gasteiger partial charge on any atom is 0.261 e. The smallest absolute Gasteiger partial charge is 0.261 e. The number of amides is 2. The van der Waals surface area contributed by atoms with Crippen molar-refractivity contribution in [3.05, 3.63) is 78.1 Å². The minimum absolute atomic E-state index is 0.0568. The first-order valence-electron chi connectivity index (χ1n) is 8.35. The summed E-state index contributed by atoms with van der Waals surface area (Å²) >= 11 is 0. The fraction of sp³-hybridized carbons (Fsp3) is 0.150. The molecule has 2 heterocycles. The normalized spacial score (nSPS) is 14.6. The van der Waals surface area contributed by atoms with Crippen LogP contribution in [0.3, 0.4) is 0 Å². The fourth-order valence-electron chi connectivity index (χ4n) is 3.20. The van der Waals surface area contributed by atoms with E-state index in [0.29, 0.717) is 11.1 Å². The molecule has 1 aromatic heterocycles. The molecule has 6 nitrogen and oxygen atoms in total. The van der Waals surface area contributed by atoms with Crippen LogP contribution in [0.4, 0.5) is 0 Å². The molecule has 1 unspecified atom stereocenters. The number of benzene rings is 2. The molecule has 1 aliphatic rings. The maximum atomic E-state index is 12.4. The van der Waals surface area contributed by atoms with E-state index < -0.39 is 6.10 Å². The molecule has 0 bridgehead atoms. The van der Waals surface area contributed by atoms with Gasteiger partial charge in [0, 0.05) is 18.0 Å². The van der Waals surface area contributed by atoms with Crippen molar-refractivity contribution in [2.45, 2.75) is 12.6 Å². The lowest BCUT2D eigenvalue weighted by atomic mass is 10.1. The van der Waals surface area contributed by atoms with E-state index in [9.17, 15) is 14.7 Å². The third-order valence-corrected chi connectivity index (χ3v) is 4.43. The number of carbonyl (C=O) groups is 2. The van der Waals surface area contributed by atoms with E-state index >= 15 is 0 Å². The number of β-amino-alcohol motifs (C(OH)–C–C–N with tert-alkyl or cyclic N) is 1. The number of nitrogens with zero attached hydrogens (tertiary/aromatic N) is 3. The zero-order valence-electron chi connectivity index (χ0n) is 13.9. The number of fused-ring (bicyclic) bond motifs is 1. The molecule has 2 amide bonds. The maximum absolute atomic E-state index is 12.4. The van der Waals surface area contributed by atoms with Crippen LogP contribution in [0.25, 0.3) is 11.4 Å². The fourth-order valence-corrected chi connectivity index (χ4v) is 3.20. The molecule has 0 aliphatic carbocycles. The molecule has 4 rings (SSSR count). The quantitative estimate of drug-likeness (QED) is 0.718. The van der Waals surface area contributed by atoms with E-state index in [1.807, 2.05) is 34.9 Å². The first-order chi connectivity index (χ1) is 12.6. The van der Waals surface area contributed by atoms with Crippen LogP contribution >= 0.6 is 0 Å². The first kappa shape index (κ1) is 16.2. The van der Waals surface area contributed by atoms with Crippen LogP contribution in [0.1, 0.15) is 20.7 Å². The first-order valence-corrected chi connectivity index (χ1v) is 8.35. The number of imidazole rings is 1. The molecule has 0 fully saturated rings. The summed E-state index contributed by atoms with van der Waals surface area (Å²) in [5.74, 6) is 0.00383. The van der Waals surface area contributed by atoms with Crippen LogP contribution in [-0.2, 0) is 6.54 Å². The highest BCUT2D eigenvalue weighted by Gasteiger charge is 2.36. The summed E-state index contributed by atoms with van der Waals surface area (Å²) in [6, 6.07) is 16.4. The van der Waals surface area contributed by atoms with Crippen LogP contribution in [-0.4, -0.2) is 44.0 Å². The molecular weight excluding hydrogens is 330 g/mol. The molecule has 6 heteroatoms. The molecule has 130 valence electrons. The Kier molecular flexibility index (Phi) is 4.10. The van der Waals surface area contributed by atoms with Gasteiger partial charge in [-0.25, -0.2) is 4.98 Å². The summed E-state index contributed by atoms with van der Waals surface area (Å²) in [6.45, 7) is 0.177. The van der Waals surface area contributed by atoms with Gasteiger partial charge in [-0.05, 0) is 12.1 Å². The molecule has 0 radical (unpaired) electrons. The number of aromatic nitrogens is 2.